The summed E-state index contributed by atoms with van der Waals surface area (Å²) in [5.74, 6) is 0.923. The second-order valence-electron chi connectivity index (χ2n) is 9.60. The maximum absolute atomic E-state index is 15.2. The fourth-order valence-corrected chi connectivity index (χ4v) is 10.7. The van der Waals surface area contributed by atoms with Crippen molar-refractivity contribution in [2.24, 2.45) is 0 Å². The number of benzene rings is 6. The smallest absolute Gasteiger partial charge is 0.174 e. The monoisotopic (exact) mass is 606 g/mol. The van der Waals surface area contributed by atoms with Crippen molar-refractivity contribution in [1.29, 1.82) is 0 Å². The van der Waals surface area contributed by atoms with Crippen LogP contribution in [-0.2, 0) is 9.13 Å². The minimum absolute atomic E-state index is 0. The van der Waals surface area contributed by atoms with Crippen LogP contribution in [0.25, 0.3) is 0 Å². The van der Waals surface area contributed by atoms with Gasteiger partial charge < -0.3 is 24.8 Å². The van der Waals surface area contributed by atoms with Crippen LogP contribution in [0.1, 0.15) is 0 Å². The standard InChI is InChI=1S/C36H28O3P2.2H2O/c37-40(29-17-5-1-6-18-29,30-19-7-2-8-20-30)35-27-15-13-25-33(35)39-34-26-14-16-28-36(34)41(38,31-21-9-3-10-22-31)32-23-11-4-12-24-32;;/h1-28H;2*1H2. The predicted molar refractivity (Wildman–Crippen MR) is 179 cm³/mol. The first-order chi connectivity index (χ1) is 20.1. The van der Waals surface area contributed by atoms with Crippen LogP contribution in [0.2, 0.25) is 0 Å². The molecule has 0 unspecified atom stereocenters. The lowest BCUT2D eigenvalue weighted by molar-refractivity contribution is 0.489. The molecular formula is C36H32O5P2. The Bertz CT molecular complexity index is 1640. The first kappa shape index (κ1) is 31.4. The topological polar surface area (TPSA) is 106 Å². The van der Waals surface area contributed by atoms with E-state index in [2.05, 4.69) is 0 Å². The molecule has 6 aromatic rings. The van der Waals surface area contributed by atoms with Gasteiger partial charge in [0.1, 0.15) is 11.5 Å². The van der Waals surface area contributed by atoms with E-state index in [4.69, 9.17) is 4.74 Å². The molecule has 7 heteroatoms. The zero-order chi connectivity index (χ0) is 28.1. The van der Waals surface area contributed by atoms with Crippen molar-refractivity contribution in [2.75, 3.05) is 0 Å². The van der Waals surface area contributed by atoms with Crippen molar-refractivity contribution in [1.82, 2.24) is 0 Å². The van der Waals surface area contributed by atoms with E-state index >= 15 is 9.13 Å². The van der Waals surface area contributed by atoms with E-state index in [1.165, 1.54) is 0 Å². The van der Waals surface area contributed by atoms with Crippen molar-refractivity contribution in [2.45, 2.75) is 0 Å². The fourth-order valence-electron chi connectivity index (χ4n) is 5.13. The fraction of sp³-hybridized carbons (Fsp3) is 0. The lowest BCUT2D eigenvalue weighted by Crippen LogP contribution is -2.27. The summed E-state index contributed by atoms with van der Waals surface area (Å²) in [4.78, 5) is 0. The molecule has 5 nitrogen and oxygen atoms in total. The summed E-state index contributed by atoms with van der Waals surface area (Å²) in [5.41, 5.74) is 0. The minimum Gasteiger partial charge on any atom is -0.456 e. The predicted octanol–water partition coefficient (Wildman–Crippen LogP) is 5.11. The third-order valence-corrected chi connectivity index (χ3v) is 13.3. The van der Waals surface area contributed by atoms with Crippen LogP contribution in [0.15, 0.2) is 170 Å². The summed E-state index contributed by atoms with van der Waals surface area (Å²) in [6.07, 6.45) is 0. The molecule has 6 rings (SSSR count). The molecule has 6 aromatic carbocycles. The van der Waals surface area contributed by atoms with Crippen LogP contribution >= 0.6 is 14.3 Å². The van der Waals surface area contributed by atoms with Crippen LogP contribution in [0.3, 0.4) is 0 Å². The highest BCUT2D eigenvalue weighted by atomic mass is 31.2. The number of ether oxygens (including phenoxy) is 1. The molecule has 0 spiro atoms. The van der Waals surface area contributed by atoms with Gasteiger partial charge in [-0.15, -0.1) is 0 Å². The zero-order valence-corrected chi connectivity index (χ0v) is 25.1. The molecule has 0 atom stereocenters. The average Bonchev–Trinajstić information content (AvgIpc) is 3.06. The summed E-state index contributed by atoms with van der Waals surface area (Å²) in [6.45, 7) is 0. The first-order valence-corrected chi connectivity index (χ1v) is 16.8. The van der Waals surface area contributed by atoms with E-state index < -0.39 is 14.3 Å². The van der Waals surface area contributed by atoms with Gasteiger partial charge in [0.2, 0.25) is 0 Å². The van der Waals surface area contributed by atoms with Crippen LogP contribution in [-0.4, -0.2) is 11.0 Å². The summed E-state index contributed by atoms with van der Waals surface area (Å²) in [6, 6.07) is 53.0. The van der Waals surface area contributed by atoms with Gasteiger partial charge in [0.05, 0.1) is 10.6 Å². The SMILES string of the molecule is O.O.O=P(c1ccccc1)(c1ccccc1)c1ccccc1Oc1ccccc1P(=O)(c1ccccc1)c1ccccc1. The summed E-state index contributed by atoms with van der Waals surface area (Å²) < 4.78 is 37.1. The third-order valence-electron chi connectivity index (χ3n) is 7.11. The van der Waals surface area contributed by atoms with Crippen molar-refractivity contribution in [3.63, 3.8) is 0 Å². The molecule has 216 valence electrons. The Morgan fingerprint density at radius 2 is 0.558 bits per heavy atom. The summed E-state index contributed by atoms with van der Waals surface area (Å²) in [7, 11) is -6.63. The zero-order valence-electron chi connectivity index (χ0n) is 23.3. The van der Waals surface area contributed by atoms with E-state index in [1.54, 1.807) is 0 Å². The van der Waals surface area contributed by atoms with Gasteiger partial charge in [-0.25, -0.2) is 0 Å². The lowest BCUT2D eigenvalue weighted by atomic mass is 10.3. The molecule has 0 amide bonds. The minimum atomic E-state index is -3.32. The highest BCUT2D eigenvalue weighted by molar-refractivity contribution is 7.86. The Hall–Kier alpha value is -4.50. The Kier molecular flexibility index (Phi) is 9.98. The summed E-state index contributed by atoms with van der Waals surface area (Å²) in [5, 5.41) is 4.04. The van der Waals surface area contributed by atoms with Crippen LogP contribution < -0.4 is 36.6 Å². The second kappa shape index (κ2) is 13.6. The van der Waals surface area contributed by atoms with Crippen molar-refractivity contribution < 1.29 is 24.8 Å². The quantitative estimate of drug-likeness (QED) is 0.225. The first-order valence-electron chi connectivity index (χ1n) is 13.4. The molecule has 43 heavy (non-hydrogen) atoms. The van der Waals surface area contributed by atoms with E-state index in [-0.39, 0.29) is 11.0 Å². The highest BCUT2D eigenvalue weighted by Crippen LogP contribution is 2.48. The molecule has 0 aliphatic rings. The second-order valence-corrected chi connectivity index (χ2v) is 15.1. The van der Waals surface area contributed by atoms with Gasteiger partial charge in [-0.3, -0.25) is 0 Å². The maximum atomic E-state index is 15.2. The van der Waals surface area contributed by atoms with E-state index in [0.717, 1.165) is 21.2 Å². The van der Waals surface area contributed by atoms with Gasteiger partial charge in [0, 0.05) is 21.2 Å². The molecule has 0 aliphatic heterocycles. The number of rotatable bonds is 8. The number of para-hydroxylation sites is 2. The van der Waals surface area contributed by atoms with Gasteiger partial charge in [-0.2, -0.15) is 0 Å². The van der Waals surface area contributed by atoms with E-state index in [1.807, 2.05) is 170 Å². The average molecular weight is 607 g/mol. The van der Waals surface area contributed by atoms with Crippen LogP contribution in [0.4, 0.5) is 0 Å². The van der Waals surface area contributed by atoms with Crippen molar-refractivity contribution >= 4 is 46.1 Å². The van der Waals surface area contributed by atoms with E-state index in [0.29, 0.717) is 22.1 Å². The maximum Gasteiger partial charge on any atom is 0.174 e. The van der Waals surface area contributed by atoms with Gasteiger partial charge in [0.15, 0.2) is 14.3 Å². The summed E-state index contributed by atoms with van der Waals surface area (Å²) >= 11 is 0. The van der Waals surface area contributed by atoms with Gasteiger partial charge in [-0.1, -0.05) is 146 Å². The Morgan fingerprint density at radius 3 is 0.837 bits per heavy atom. The Labute approximate surface area is 251 Å². The molecule has 0 bridgehead atoms. The van der Waals surface area contributed by atoms with Crippen molar-refractivity contribution in [3.8, 4) is 11.5 Å². The third kappa shape index (κ3) is 5.90. The Morgan fingerprint density at radius 1 is 0.326 bits per heavy atom. The van der Waals surface area contributed by atoms with Crippen molar-refractivity contribution in [3.05, 3.63) is 170 Å². The lowest BCUT2D eigenvalue weighted by Gasteiger charge is -2.25. The molecule has 0 heterocycles. The molecular weight excluding hydrogens is 574 g/mol. The number of hydrogen-bond donors (Lipinski definition) is 0. The largest absolute Gasteiger partial charge is 0.456 e. The number of hydrogen-bond acceptors (Lipinski definition) is 3. The molecule has 0 radical (unpaired) electrons. The van der Waals surface area contributed by atoms with Crippen LogP contribution in [0.5, 0.6) is 11.5 Å². The van der Waals surface area contributed by atoms with Gasteiger partial charge in [-0.05, 0) is 24.3 Å². The molecule has 0 fully saturated rings. The molecule has 0 aliphatic carbocycles. The van der Waals surface area contributed by atoms with Gasteiger partial charge in [0.25, 0.3) is 0 Å². The molecule has 0 saturated heterocycles. The molecule has 4 N–H and O–H groups in total. The van der Waals surface area contributed by atoms with E-state index in [9.17, 15) is 0 Å². The highest BCUT2D eigenvalue weighted by Gasteiger charge is 2.35. The molecule has 0 aromatic heterocycles. The van der Waals surface area contributed by atoms with Crippen LogP contribution in [0, 0.1) is 0 Å². The molecule has 0 saturated carbocycles. The normalized spacial score (nSPS) is 11.1. The Balaban J connectivity index is 0.00000212. The van der Waals surface area contributed by atoms with Gasteiger partial charge >= 0.3 is 0 Å².